The van der Waals surface area contributed by atoms with Crippen LogP contribution in [0.3, 0.4) is 0 Å². The Labute approximate surface area is 90.0 Å². The molecule has 1 aliphatic rings. The van der Waals surface area contributed by atoms with E-state index in [4.69, 9.17) is 0 Å². The molecular weight excluding hydrogens is 190 g/mol. The second kappa shape index (κ2) is 3.77. The van der Waals surface area contributed by atoms with E-state index in [0.717, 1.165) is 17.3 Å². The number of nitrogens with zero attached hydrogens (tertiary/aromatic N) is 3. The van der Waals surface area contributed by atoms with Crippen LogP contribution in [-0.4, -0.2) is 34.3 Å². The summed E-state index contributed by atoms with van der Waals surface area (Å²) in [5.74, 6) is 1.17. The van der Waals surface area contributed by atoms with Crippen molar-refractivity contribution in [3.63, 3.8) is 0 Å². The van der Waals surface area contributed by atoms with E-state index < -0.39 is 0 Å². The average molecular weight is 207 g/mol. The molecule has 0 atom stereocenters. The number of aryl methyl sites for hydroxylation is 1. The molecular formula is C11H17N3O. The van der Waals surface area contributed by atoms with Crippen LogP contribution >= 0.6 is 0 Å². The van der Waals surface area contributed by atoms with E-state index in [9.17, 15) is 5.11 Å². The summed E-state index contributed by atoms with van der Waals surface area (Å²) in [6, 6.07) is 2.02. The van der Waals surface area contributed by atoms with Gasteiger partial charge in [-0.25, -0.2) is 9.97 Å². The first kappa shape index (κ1) is 10.4. The summed E-state index contributed by atoms with van der Waals surface area (Å²) in [7, 11) is 0. The van der Waals surface area contributed by atoms with Gasteiger partial charge in [-0.05, 0) is 18.9 Å². The van der Waals surface area contributed by atoms with Crippen molar-refractivity contribution in [1.82, 2.24) is 9.97 Å². The second-order valence-corrected chi connectivity index (χ2v) is 4.45. The van der Waals surface area contributed by atoms with Crippen LogP contribution in [0, 0.1) is 6.92 Å². The maximum atomic E-state index is 9.23. The standard InChI is InChI=1S/C11H17N3O/c1-7(2)10-4-8(3)12-11(13-10)14-5-9(15)6-14/h4,7,9,15H,5-6H2,1-3H3. The third-order valence-electron chi connectivity index (χ3n) is 2.60. The van der Waals surface area contributed by atoms with Crippen LogP contribution in [0.2, 0.25) is 0 Å². The van der Waals surface area contributed by atoms with E-state index in [1.54, 1.807) is 0 Å². The Balaban J connectivity index is 2.24. The van der Waals surface area contributed by atoms with Gasteiger partial charge in [-0.3, -0.25) is 0 Å². The lowest BCUT2D eigenvalue weighted by Gasteiger charge is -2.36. The number of hydrogen-bond donors (Lipinski definition) is 1. The molecule has 0 bridgehead atoms. The monoisotopic (exact) mass is 207 g/mol. The van der Waals surface area contributed by atoms with Gasteiger partial charge in [0.2, 0.25) is 5.95 Å². The first-order valence-corrected chi connectivity index (χ1v) is 5.35. The van der Waals surface area contributed by atoms with Crippen LogP contribution < -0.4 is 4.90 Å². The molecule has 0 spiro atoms. The van der Waals surface area contributed by atoms with Crippen molar-refractivity contribution in [2.24, 2.45) is 0 Å². The molecule has 0 aromatic carbocycles. The second-order valence-electron chi connectivity index (χ2n) is 4.45. The molecule has 1 aromatic rings. The van der Waals surface area contributed by atoms with Crippen molar-refractivity contribution in [2.45, 2.75) is 32.8 Å². The molecule has 82 valence electrons. The molecule has 4 heteroatoms. The number of aromatic nitrogens is 2. The molecule has 1 saturated heterocycles. The Hall–Kier alpha value is -1.16. The zero-order valence-electron chi connectivity index (χ0n) is 9.44. The van der Waals surface area contributed by atoms with E-state index in [0.29, 0.717) is 19.0 Å². The SMILES string of the molecule is Cc1cc(C(C)C)nc(N2CC(O)C2)n1. The minimum absolute atomic E-state index is 0.211. The molecule has 1 fully saturated rings. The Kier molecular flexibility index (Phi) is 2.61. The van der Waals surface area contributed by atoms with Crippen LogP contribution in [0.1, 0.15) is 31.2 Å². The van der Waals surface area contributed by atoms with Gasteiger partial charge in [-0.2, -0.15) is 0 Å². The predicted octanol–water partition coefficient (Wildman–Crippen LogP) is 1.09. The smallest absolute Gasteiger partial charge is 0.225 e. The lowest BCUT2D eigenvalue weighted by Crippen LogP contribution is -2.51. The highest BCUT2D eigenvalue weighted by molar-refractivity contribution is 5.36. The first-order valence-electron chi connectivity index (χ1n) is 5.35. The Morgan fingerprint density at radius 3 is 2.60 bits per heavy atom. The summed E-state index contributed by atoms with van der Waals surface area (Å²) < 4.78 is 0. The van der Waals surface area contributed by atoms with Gasteiger partial charge in [0.05, 0.1) is 6.10 Å². The Bertz CT molecular complexity index is 359. The number of aliphatic hydroxyl groups excluding tert-OH is 1. The third-order valence-corrected chi connectivity index (χ3v) is 2.60. The molecule has 1 aromatic heterocycles. The van der Waals surface area contributed by atoms with Gasteiger partial charge in [0.15, 0.2) is 0 Å². The van der Waals surface area contributed by atoms with Crippen LogP contribution in [-0.2, 0) is 0 Å². The largest absolute Gasteiger partial charge is 0.389 e. The number of aliphatic hydroxyl groups is 1. The summed E-state index contributed by atoms with van der Waals surface area (Å²) in [5, 5.41) is 9.23. The highest BCUT2D eigenvalue weighted by atomic mass is 16.3. The van der Waals surface area contributed by atoms with Crippen molar-refractivity contribution < 1.29 is 5.11 Å². The van der Waals surface area contributed by atoms with Gasteiger partial charge in [0, 0.05) is 24.5 Å². The molecule has 1 aliphatic heterocycles. The first-order chi connectivity index (χ1) is 7.06. The minimum atomic E-state index is -0.211. The van der Waals surface area contributed by atoms with Crippen LogP contribution in [0.4, 0.5) is 5.95 Å². The molecule has 4 nitrogen and oxygen atoms in total. The maximum absolute atomic E-state index is 9.23. The molecule has 1 N–H and O–H groups in total. The van der Waals surface area contributed by atoms with Gasteiger partial charge in [0.25, 0.3) is 0 Å². The van der Waals surface area contributed by atoms with Crippen molar-refractivity contribution in [1.29, 1.82) is 0 Å². The van der Waals surface area contributed by atoms with E-state index >= 15 is 0 Å². The number of β-amino-alcohol motifs (C(OH)–C–C–N with tert-alkyl or cyclic N) is 1. The van der Waals surface area contributed by atoms with Crippen molar-refractivity contribution in [3.8, 4) is 0 Å². The number of hydrogen-bond acceptors (Lipinski definition) is 4. The zero-order chi connectivity index (χ0) is 11.0. The van der Waals surface area contributed by atoms with E-state index in [2.05, 4.69) is 23.8 Å². The highest BCUT2D eigenvalue weighted by Crippen LogP contribution is 2.20. The molecule has 0 radical (unpaired) electrons. The van der Waals surface area contributed by atoms with Gasteiger partial charge in [-0.15, -0.1) is 0 Å². The Morgan fingerprint density at radius 2 is 2.07 bits per heavy atom. The quantitative estimate of drug-likeness (QED) is 0.788. The topological polar surface area (TPSA) is 49.2 Å². The molecule has 2 rings (SSSR count). The fourth-order valence-corrected chi connectivity index (χ4v) is 1.63. The van der Waals surface area contributed by atoms with Gasteiger partial charge in [-0.1, -0.05) is 13.8 Å². The number of anilines is 1. The van der Waals surface area contributed by atoms with Gasteiger partial charge < -0.3 is 10.0 Å². The maximum Gasteiger partial charge on any atom is 0.225 e. The van der Waals surface area contributed by atoms with Crippen molar-refractivity contribution >= 4 is 5.95 Å². The molecule has 15 heavy (non-hydrogen) atoms. The minimum Gasteiger partial charge on any atom is -0.389 e. The van der Waals surface area contributed by atoms with E-state index in [1.165, 1.54) is 0 Å². The summed E-state index contributed by atoms with van der Waals surface area (Å²) in [6.45, 7) is 7.53. The van der Waals surface area contributed by atoms with Crippen molar-refractivity contribution in [3.05, 3.63) is 17.5 Å². The van der Waals surface area contributed by atoms with Crippen LogP contribution in [0.5, 0.6) is 0 Å². The third kappa shape index (κ3) is 2.09. The molecule has 2 heterocycles. The fraction of sp³-hybridized carbons (Fsp3) is 0.636. The fourth-order valence-electron chi connectivity index (χ4n) is 1.63. The number of rotatable bonds is 2. The van der Waals surface area contributed by atoms with Crippen molar-refractivity contribution in [2.75, 3.05) is 18.0 Å². The molecule has 0 aliphatic carbocycles. The van der Waals surface area contributed by atoms with E-state index in [1.807, 2.05) is 17.9 Å². The molecule has 0 amide bonds. The van der Waals surface area contributed by atoms with Crippen LogP contribution in [0.15, 0.2) is 6.07 Å². The molecule has 0 unspecified atom stereocenters. The normalized spacial score (nSPS) is 17.0. The van der Waals surface area contributed by atoms with Crippen LogP contribution in [0.25, 0.3) is 0 Å². The van der Waals surface area contributed by atoms with E-state index in [-0.39, 0.29) is 6.10 Å². The summed E-state index contributed by atoms with van der Waals surface area (Å²) >= 11 is 0. The molecule has 0 saturated carbocycles. The highest BCUT2D eigenvalue weighted by Gasteiger charge is 2.27. The average Bonchev–Trinajstić information content (AvgIpc) is 2.12. The summed E-state index contributed by atoms with van der Waals surface area (Å²) in [5.41, 5.74) is 2.06. The lowest BCUT2D eigenvalue weighted by atomic mass is 10.1. The zero-order valence-corrected chi connectivity index (χ0v) is 9.44. The lowest BCUT2D eigenvalue weighted by molar-refractivity contribution is 0.140. The summed E-state index contributed by atoms with van der Waals surface area (Å²) in [6.07, 6.45) is -0.211. The van der Waals surface area contributed by atoms with Gasteiger partial charge in [0.1, 0.15) is 0 Å². The predicted molar refractivity (Wildman–Crippen MR) is 59.1 cm³/mol. The Morgan fingerprint density at radius 1 is 1.40 bits per heavy atom. The van der Waals surface area contributed by atoms with Gasteiger partial charge >= 0.3 is 0 Å². The summed E-state index contributed by atoms with van der Waals surface area (Å²) in [4.78, 5) is 10.9.